The van der Waals surface area contributed by atoms with Gasteiger partial charge in [0.15, 0.2) is 0 Å². The van der Waals surface area contributed by atoms with Gasteiger partial charge in [0.25, 0.3) is 0 Å². The maximum Gasteiger partial charge on any atom is 0.0725 e. The molecule has 45 heavy (non-hydrogen) atoms. The topological polar surface area (TPSA) is 0 Å². The SMILES string of the molecule is c1cc2c(cc1C1CCCC1)C1(c3cc(C4CCCC4)ccc3-2)c2cc(C3CCCC3)ccc2-c2ccc(C3CCCC3)cc21. The van der Waals surface area contributed by atoms with E-state index in [0.717, 1.165) is 23.7 Å². The van der Waals surface area contributed by atoms with Crippen molar-refractivity contribution in [2.24, 2.45) is 0 Å². The third-order valence-corrected chi connectivity index (χ3v) is 13.7. The minimum absolute atomic E-state index is 0.207. The Labute approximate surface area is 270 Å². The Morgan fingerprint density at radius 3 is 0.756 bits per heavy atom. The number of hydrogen-bond acceptors (Lipinski definition) is 0. The third kappa shape index (κ3) is 3.96. The van der Waals surface area contributed by atoms with Crippen LogP contribution in [0.5, 0.6) is 0 Å². The lowest BCUT2D eigenvalue weighted by Crippen LogP contribution is -2.27. The summed E-state index contributed by atoms with van der Waals surface area (Å²) in [6.07, 6.45) is 22.0. The summed E-state index contributed by atoms with van der Waals surface area (Å²) in [5.41, 5.74) is 18.6. The van der Waals surface area contributed by atoms with Gasteiger partial charge in [-0.2, -0.15) is 0 Å². The summed E-state index contributed by atoms with van der Waals surface area (Å²) in [5.74, 6) is 2.89. The molecule has 0 heterocycles. The van der Waals surface area contributed by atoms with E-state index in [-0.39, 0.29) is 5.41 Å². The molecule has 4 aromatic carbocycles. The van der Waals surface area contributed by atoms with Gasteiger partial charge in [0.2, 0.25) is 0 Å². The molecule has 6 aliphatic carbocycles. The lowest BCUT2D eigenvalue weighted by molar-refractivity contribution is 0.700. The van der Waals surface area contributed by atoms with Gasteiger partial charge in [-0.05, 0) is 142 Å². The van der Waals surface area contributed by atoms with Gasteiger partial charge in [0.1, 0.15) is 0 Å². The van der Waals surface area contributed by atoms with Crippen LogP contribution in [0.1, 0.15) is 171 Å². The van der Waals surface area contributed by atoms with E-state index in [0.29, 0.717) is 0 Å². The zero-order valence-corrected chi connectivity index (χ0v) is 27.1. The minimum Gasteiger partial charge on any atom is -0.0581 e. The second-order valence-corrected chi connectivity index (χ2v) is 15.9. The molecule has 0 N–H and O–H groups in total. The van der Waals surface area contributed by atoms with Gasteiger partial charge in [0, 0.05) is 0 Å². The molecule has 0 aromatic heterocycles. The zero-order chi connectivity index (χ0) is 29.5. The third-order valence-electron chi connectivity index (χ3n) is 13.7. The van der Waals surface area contributed by atoms with Gasteiger partial charge >= 0.3 is 0 Å². The quantitative estimate of drug-likeness (QED) is 0.192. The molecule has 1 spiro atoms. The summed E-state index contributed by atoms with van der Waals surface area (Å²) in [7, 11) is 0. The second-order valence-electron chi connectivity index (χ2n) is 15.9. The van der Waals surface area contributed by atoms with E-state index < -0.39 is 0 Å². The van der Waals surface area contributed by atoms with Crippen LogP contribution < -0.4 is 0 Å². The Hall–Kier alpha value is -3.12. The van der Waals surface area contributed by atoms with Crippen LogP contribution in [0, 0.1) is 0 Å². The summed E-state index contributed by atoms with van der Waals surface area (Å²) < 4.78 is 0. The average Bonchev–Trinajstić information content (AvgIpc) is 3.94. The second kappa shape index (κ2) is 10.4. The summed E-state index contributed by atoms with van der Waals surface area (Å²) >= 11 is 0. The van der Waals surface area contributed by atoms with Crippen molar-refractivity contribution in [3.8, 4) is 22.3 Å². The molecule has 0 atom stereocenters. The largest absolute Gasteiger partial charge is 0.0725 e. The number of fused-ring (bicyclic) bond motifs is 10. The predicted octanol–water partition coefficient (Wildman–Crippen LogP) is 12.7. The molecular weight excluding hydrogens is 540 g/mol. The molecule has 0 bridgehead atoms. The molecule has 228 valence electrons. The highest BCUT2D eigenvalue weighted by Crippen LogP contribution is 2.64. The van der Waals surface area contributed by atoms with Crippen LogP contribution >= 0.6 is 0 Å². The summed E-state index contributed by atoms with van der Waals surface area (Å²) in [6.45, 7) is 0. The van der Waals surface area contributed by atoms with E-state index in [9.17, 15) is 0 Å². The maximum absolute atomic E-state index is 2.73. The molecule has 0 unspecified atom stereocenters. The van der Waals surface area contributed by atoms with Crippen molar-refractivity contribution in [1.29, 1.82) is 0 Å². The van der Waals surface area contributed by atoms with Crippen LogP contribution in [0.4, 0.5) is 0 Å². The molecular formula is C45H48. The normalized spacial score (nSPS) is 22.4. The van der Waals surface area contributed by atoms with Crippen LogP contribution in [0.2, 0.25) is 0 Å². The Bertz CT molecular complexity index is 1510. The van der Waals surface area contributed by atoms with Crippen LogP contribution in [-0.4, -0.2) is 0 Å². The van der Waals surface area contributed by atoms with E-state index in [1.807, 2.05) is 0 Å². The van der Waals surface area contributed by atoms with E-state index in [1.165, 1.54) is 125 Å². The fourth-order valence-corrected chi connectivity index (χ4v) is 11.4. The molecule has 4 saturated carbocycles. The van der Waals surface area contributed by atoms with E-state index in [1.54, 1.807) is 44.5 Å². The van der Waals surface area contributed by atoms with E-state index in [2.05, 4.69) is 72.8 Å². The highest BCUT2D eigenvalue weighted by molar-refractivity contribution is 5.95. The summed E-state index contributed by atoms with van der Waals surface area (Å²) in [5, 5.41) is 0. The maximum atomic E-state index is 2.73. The first-order valence-corrected chi connectivity index (χ1v) is 18.9. The van der Waals surface area contributed by atoms with Gasteiger partial charge in [-0.1, -0.05) is 124 Å². The van der Waals surface area contributed by atoms with Crippen molar-refractivity contribution in [3.05, 3.63) is 117 Å². The highest BCUT2D eigenvalue weighted by atomic mass is 14.5. The zero-order valence-electron chi connectivity index (χ0n) is 27.1. The van der Waals surface area contributed by atoms with Crippen molar-refractivity contribution >= 4 is 0 Å². The highest BCUT2D eigenvalue weighted by Gasteiger charge is 2.52. The fraction of sp³-hybridized carbons (Fsp3) is 0.467. The Kier molecular flexibility index (Phi) is 6.28. The smallest absolute Gasteiger partial charge is 0.0581 e. The number of rotatable bonds is 4. The Balaban J connectivity index is 1.28. The fourth-order valence-electron chi connectivity index (χ4n) is 11.4. The molecule has 0 nitrogen and oxygen atoms in total. The first kappa shape index (κ1) is 27.0. The Morgan fingerprint density at radius 2 is 0.533 bits per heavy atom. The van der Waals surface area contributed by atoms with Gasteiger partial charge in [-0.15, -0.1) is 0 Å². The first-order chi connectivity index (χ1) is 22.3. The van der Waals surface area contributed by atoms with Gasteiger partial charge in [0.05, 0.1) is 5.41 Å². The number of hydrogen-bond donors (Lipinski definition) is 0. The monoisotopic (exact) mass is 588 g/mol. The lowest BCUT2D eigenvalue weighted by Gasteiger charge is -2.33. The molecule has 0 radical (unpaired) electrons. The average molecular weight is 589 g/mol. The Morgan fingerprint density at radius 1 is 0.311 bits per heavy atom. The van der Waals surface area contributed by atoms with Gasteiger partial charge in [-0.3, -0.25) is 0 Å². The summed E-state index contributed by atoms with van der Waals surface area (Å²) in [4.78, 5) is 0. The molecule has 0 saturated heterocycles. The minimum atomic E-state index is -0.207. The standard InChI is InChI=1S/C45H48/c1-2-10-29(9-1)33-17-21-37-38-22-18-34(30-11-3-4-12-30)26-42(38)45(41(37)25-33)43-27-35(31-13-5-6-14-31)19-23-39(43)40-24-20-36(28-44(40)45)32-15-7-8-16-32/h17-32H,1-16H2. The van der Waals surface area contributed by atoms with Crippen LogP contribution in [0.3, 0.4) is 0 Å². The van der Waals surface area contributed by atoms with Crippen molar-refractivity contribution in [2.45, 2.75) is 132 Å². The summed E-state index contributed by atoms with van der Waals surface area (Å²) in [6, 6.07) is 31.2. The van der Waals surface area contributed by atoms with E-state index >= 15 is 0 Å². The molecule has 6 aliphatic rings. The first-order valence-electron chi connectivity index (χ1n) is 18.9. The van der Waals surface area contributed by atoms with Crippen LogP contribution in [0.15, 0.2) is 72.8 Å². The molecule has 4 fully saturated rings. The van der Waals surface area contributed by atoms with Crippen molar-refractivity contribution < 1.29 is 0 Å². The lowest BCUT2D eigenvalue weighted by atomic mass is 9.68. The van der Waals surface area contributed by atoms with Crippen LogP contribution in [0.25, 0.3) is 22.3 Å². The van der Waals surface area contributed by atoms with Crippen LogP contribution in [-0.2, 0) is 5.41 Å². The molecule has 4 aromatic rings. The predicted molar refractivity (Wildman–Crippen MR) is 188 cm³/mol. The molecule has 0 amide bonds. The molecule has 10 rings (SSSR count). The van der Waals surface area contributed by atoms with Gasteiger partial charge < -0.3 is 0 Å². The van der Waals surface area contributed by atoms with Crippen molar-refractivity contribution in [1.82, 2.24) is 0 Å². The van der Waals surface area contributed by atoms with Crippen molar-refractivity contribution in [2.75, 3.05) is 0 Å². The number of benzene rings is 4. The van der Waals surface area contributed by atoms with Gasteiger partial charge in [-0.25, -0.2) is 0 Å². The van der Waals surface area contributed by atoms with E-state index in [4.69, 9.17) is 0 Å². The molecule has 0 heteroatoms. The van der Waals surface area contributed by atoms with Crippen molar-refractivity contribution in [3.63, 3.8) is 0 Å². The molecule has 0 aliphatic heterocycles.